The van der Waals surface area contributed by atoms with E-state index in [0.717, 1.165) is 27.3 Å². The van der Waals surface area contributed by atoms with Gasteiger partial charge in [0.2, 0.25) is 0 Å². The minimum atomic E-state index is -0.0244. The van der Waals surface area contributed by atoms with E-state index in [1.54, 1.807) is 12.4 Å². The van der Waals surface area contributed by atoms with E-state index in [9.17, 15) is 0 Å². The molecule has 94 valence electrons. The van der Waals surface area contributed by atoms with E-state index in [0.29, 0.717) is 0 Å². The topological polar surface area (TPSA) is 38.9 Å². The van der Waals surface area contributed by atoms with E-state index in [1.807, 2.05) is 32.0 Å². The van der Waals surface area contributed by atoms with Gasteiger partial charge in [-0.25, -0.2) is 0 Å². The highest BCUT2D eigenvalue weighted by atomic mass is 35.5. The van der Waals surface area contributed by atoms with Crippen LogP contribution in [0, 0.1) is 13.8 Å². The number of halogens is 1. The fraction of sp³-hybridized carbons (Fsp3) is 0.267. The van der Waals surface area contributed by atoms with Crippen molar-refractivity contribution in [3.05, 3.63) is 52.3 Å². The van der Waals surface area contributed by atoms with Crippen LogP contribution in [0.1, 0.15) is 29.7 Å². The van der Waals surface area contributed by atoms with Crippen molar-refractivity contribution in [2.75, 3.05) is 0 Å². The number of benzene rings is 1. The molecule has 2 N–H and O–H groups in total. The number of hydrogen-bond acceptors (Lipinski definition) is 2. The summed E-state index contributed by atoms with van der Waals surface area (Å²) in [6, 6.07) is 5.94. The van der Waals surface area contributed by atoms with Crippen LogP contribution in [0.5, 0.6) is 0 Å². The molecule has 0 bridgehead atoms. The summed E-state index contributed by atoms with van der Waals surface area (Å²) in [7, 11) is 0. The van der Waals surface area contributed by atoms with E-state index < -0.39 is 0 Å². The van der Waals surface area contributed by atoms with Gasteiger partial charge < -0.3 is 5.73 Å². The highest BCUT2D eigenvalue weighted by molar-refractivity contribution is 6.31. The lowest BCUT2D eigenvalue weighted by Gasteiger charge is -2.18. The molecule has 0 spiro atoms. The molecule has 18 heavy (non-hydrogen) atoms. The molecule has 1 aromatic carbocycles. The van der Waals surface area contributed by atoms with Crippen LogP contribution in [-0.4, -0.2) is 4.98 Å². The second kappa shape index (κ2) is 5.09. The van der Waals surface area contributed by atoms with Gasteiger partial charge in [-0.1, -0.05) is 11.6 Å². The van der Waals surface area contributed by atoms with Gasteiger partial charge >= 0.3 is 0 Å². The van der Waals surface area contributed by atoms with Crippen molar-refractivity contribution in [1.29, 1.82) is 0 Å². The van der Waals surface area contributed by atoms with Crippen LogP contribution in [0.3, 0.4) is 0 Å². The standard InChI is InChI=1S/C15H17ClN2/c1-9-13(11(3)17)8-14(16)10(2)15(9)12-4-6-18-7-5-12/h4-8,11H,17H2,1-3H3. The largest absolute Gasteiger partial charge is 0.324 e. The van der Waals surface area contributed by atoms with E-state index in [1.165, 1.54) is 5.56 Å². The Morgan fingerprint density at radius 2 is 1.78 bits per heavy atom. The number of rotatable bonds is 2. The summed E-state index contributed by atoms with van der Waals surface area (Å²) in [5.74, 6) is 0. The molecule has 0 amide bonds. The van der Waals surface area contributed by atoms with Crippen molar-refractivity contribution < 1.29 is 0 Å². The molecule has 0 aliphatic heterocycles. The maximum atomic E-state index is 6.31. The Morgan fingerprint density at radius 1 is 1.17 bits per heavy atom. The van der Waals surface area contributed by atoms with Crippen molar-refractivity contribution in [2.24, 2.45) is 5.73 Å². The summed E-state index contributed by atoms with van der Waals surface area (Å²) in [5.41, 5.74) is 11.7. The maximum absolute atomic E-state index is 6.31. The van der Waals surface area contributed by atoms with Crippen LogP contribution in [0.25, 0.3) is 11.1 Å². The average Bonchev–Trinajstić information content (AvgIpc) is 2.35. The fourth-order valence-electron chi connectivity index (χ4n) is 2.32. The zero-order valence-electron chi connectivity index (χ0n) is 10.9. The Labute approximate surface area is 113 Å². The first-order valence-corrected chi connectivity index (χ1v) is 6.35. The predicted molar refractivity (Wildman–Crippen MR) is 76.8 cm³/mol. The van der Waals surface area contributed by atoms with Crippen LogP contribution in [0.2, 0.25) is 5.02 Å². The Bertz CT molecular complexity index is 562. The van der Waals surface area contributed by atoms with Gasteiger partial charge in [-0.05, 0) is 66.8 Å². The summed E-state index contributed by atoms with van der Waals surface area (Å²) < 4.78 is 0. The van der Waals surface area contributed by atoms with Crippen LogP contribution >= 0.6 is 11.6 Å². The van der Waals surface area contributed by atoms with E-state index in [4.69, 9.17) is 17.3 Å². The SMILES string of the molecule is Cc1c(Cl)cc(C(C)N)c(C)c1-c1ccncc1. The smallest absolute Gasteiger partial charge is 0.0444 e. The monoisotopic (exact) mass is 260 g/mol. The molecule has 0 saturated carbocycles. The average molecular weight is 261 g/mol. The Morgan fingerprint density at radius 3 is 2.33 bits per heavy atom. The third-order valence-corrected chi connectivity index (χ3v) is 3.68. The number of nitrogens with two attached hydrogens (primary N) is 1. The van der Waals surface area contributed by atoms with Crippen molar-refractivity contribution in [2.45, 2.75) is 26.8 Å². The zero-order valence-corrected chi connectivity index (χ0v) is 11.6. The second-order valence-electron chi connectivity index (χ2n) is 4.60. The Balaban J connectivity index is 2.74. The summed E-state index contributed by atoms with van der Waals surface area (Å²) >= 11 is 6.31. The van der Waals surface area contributed by atoms with E-state index in [-0.39, 0.29) is 6.04 Å². The molecule has 0 aliphatic carbocycles. The molecular formula is C15H17ClN2. The first-order valence-electron chi connectivity index (χ1n) is 5.98. The first kappa shape index (κ1) is 13.1. The van der Waals surface area contributed by atoms with Crippen molar-refractivity contribution in [1.82, 2.24) is 4.98 Å². The van der Waals surface area contributed by atoms with Crippen LogP contribution < -0.4 is 5.73 Å². The molecule has 0 aliphatic rings. The number of aromatic nitrogens is 1. The summed E-state index contributed by atoms with van der Waals surface area (Å²) in [6.45, 7) is 6.11. The zero-order chi connectivity index (χ0) is 13.3. The minimum absolute atomic E-state index is 0.0244. The Hall–Kier alpha value is -1.38. The molecular weight excluding hydrogens is 244 g/mol. The molecule has 1 atom stereocenters. The van der Waals surface area contributed by atoms with Crippen molar-refractivity contribution in [3.63, 3.8) is 0 Å². The normalized spacial score (nSPS) is 12.5. The van der Waals surface area contributed by atoms with Gasteiger partial charge in [0.15, 0.2) is 0 Å². The number of pyridine rings is 1. The molecule has 1 aromatic heterocycles. The third kappa shape index (κ3) is 2.26. The second-order valence-corrected chi connectivity index (χ2v) is 5.00. The third-order valence-electron chi connectivity index (χ3n) is 3.28. The quantitative estimate of drug-likeness (QED) is 0.885. The van der Waals surface area contributed by atoms with Crippen molar-refractivity contribution in [3.8, 4) is 11.1 Å². The van der Waals surface area contributed by atoms with Crippen LogP contribution in [0.4, 0.5) is 0 Å². The molecule has 2 aromatic rings. The molecule has 0 fully saturated rings. The van der Waals surface area contributed by atoms with E-state index >= 15 is 0 Å². The molecule has 0 saturated heterocycles. The summed E-state index contributed by atoms with van der Waals surface area (Å²) in [4.78, 5) is 4.05. The van der Waals surface area contributed by atoms with Crippen LogP contribution in [-0.2, 0) is 0 Å². The van der Waals surface area contributed by atoms with Crippen molar-refractivity contribution >= 4 is 11.6 Å². The molecule has 1 heterocycles. The van der Waals surface area contributed by atoms with Gasteiger partial charge in [0.1, 0.15) is 0 Å². The van der Waals surface area contributed by atoms with E-state index in [2.05, 4.69) is 11.9 Å². The fourth-order valence-corrected chi connectivity index (χ4v) is 2.53. The van der Waals surface area contributed by atoms with Gasteiger partial charge in [0.25, 0.3) is 0 Å². The molecule has 1 unspecified atom stereocenters. The first-order chi connectivity index (χ1) is 8.52. The van der Waals surface area contributed by atoms with Gasteiger partial charge in [-0.3, -0.25) is 4.98 Å². The lowest BCUT2D eigenvalue weighted by Crippen LogP contribution is -2.08. The summed E-state index contributed by atoms with van der Waals surface area (Å²) in [5, 5.41) is 0.764. The predicted octanol–water partition coefficient (Wildman–Crippen LogP) is 4.04. The molecule has 3 heteroatoms. The van der Waals surface area contributed by atoms with Gasteiger partial charge in [0, 0.05) is 23.5 Å². The number of nitrogens with zero attached hydrogens (tertiary/aromatic N) is 1. The maximum Gasteiger partial charge on any atom is 0.0444 e. The Kier molecular flexibility index (Phi) is 3.69. The molecule has 2 rings (SSSR count). The minimum Gasteiger partial charge on any atom is -0.324 e. The summed E-state index contributed by atoms with van der Waals surface area (Å²) in [6.07, 6.45) is 3.58. The highest BCUT2D eigenvalue weighted by Gasteiger charge is 2.15. The molecule has 0 radical (unpaired) electrons. The lowest BCUT2D eigenvalue weighted by molar-refractivity contribution is 0.810. The van der Waals surface area contributed by atoms with Gasteiger partial charge in [0.05, 0.1) is 0 Å². The highest BCUT2D eigenvalue weighted by Crippen LogP contribution is 2.35. The van der Waals surface area contributed by atoms with Gasteiger partial charge in [-0.15, -0.1) is 0 Å². The molecule has 2 nitrogen and oxygen atoms in total. The lowest BCUT2D eigenvalue weighted by atomic mass is 9.90. The van der Waals surface area contributed by atoms with Gasteiger partial charge in [-0.2, -0.15) is 0 Å². The van der Waals surface area contributed by atoms with Crippen LogP contribution in [0.15, 0.2) is 30.6 Å². The number of hydrogen-bond donors (Lipinski definition) is 1.